The molecule has 31 nitrogen and oxygen atoms in total. The van der Waals surface area contributed by atoms with Gasteiger partial charge in [-0.25, -0.2) is 0 Å². The highest BCUT2D eigenvalue weighted by Crippen LogP contribution is 2.20. The summed E-state index contributed by atoms with van der Waals surface area (Å²) in [5.74, 6) is -14.7. The van der Waals surface area contributed by atoms with Gasteiger partial charge < -0.3 is 91.8 Å². The van der Waals surface area contributed by atoms with Gasteiger partial charge in [-0.3, -0.25) is 67.3 Å². The van der Waals surface area contributed by atoms with E-state index in [-0.39, 0.29) is 77.0 Å². The molecule has 0 saturated carbocycles. The molecule has 1 aliphatic heterocycles. The van der Waals surface area contributed by atoms with Crippen LogP contribution in [-0.4, -0.2) is 178 Å². The minimum atomic E-state index is -1.93. The van der Waals surface area contributed by atoms with Crippen molar-refractivity contribution in [3.63, 3.8) is 0 Å². The minimum Gasteiger partial charge on any atom is -0.481 e. The average molecular weight is 1010 g/mol. The summed E-state index contributed by atoms with van der Waals surface area (Å²) in [4.78, 5) is 170. The maximum absolute atomic E-state index is 14.1. The third-order valence-electron chi connectivity index (χ3n) is 10.5. The largest absolute Gasteiger partial charge is 0.481 e. The van der Waals surface area contributed by atoms with Crippen molar-refractivity contribution in [1.82, 2.24) is 42.1 Å². The summed E-state index contributed by atoms with van der Waals surface area (Å²) >= 11 is 0. The van der Waals surface area contributed by atoms with E-state index in [9.17, 15) is 77.6 Å². The number of nitrogens with zero attached hydrogens (tertiary/aromatic N) is 2. The van der Waals surface area contributed by atoms with Crippen LogP contribution in [0.1, 0.15) is 90.4 Å². The summed E-state index contributed by atoms with van der Waals surface area (Å²) in [6.07, 6.45) is -2.90. The second-order valence-corrected chi connectivity index (χ2v) is 16.4. The lowest BCUT2D eigenvalue weighted by Gasteiger charge is -2.30. The number of carboxylic acids is 3. The number of hydrogen-bond acceptors (Lipinski definition) is 16. The SMILES string of the molecule is C[C@H](NC(=O)[C@H](CCCN=C(N)N)NC(=O)CNC(=O)[C@H](CC(N)=O)NC(=O)[C@@H]1CCCN1C(=O)[C@H](CCC(=O)O)NC(=O)[C@H](CC(=O)O)NC(=O)[C@H](CCCCN)NC(=O)[C@@H](N)CCC(N)=O)C(=O)O. The topological polar surface area (TPSA) is 539 Å². The fourth-order valence-electron chi connectivity index (χ4n) is 6.79. The molecule has 31 heteroatoms. The monoisotopic (exact) mass is 1010 g/mol. The molecule has 0 aromatic carbocycles. The molecule has 0 aliphatic carbocycles. The third-order valence-corrected chi connectivity index (χ3v) is 10.5. The molecule has 0 radical (unpaired) electrons. The van der Waals surface area contributed by atoms with E-state index in [1.807, 2.05) is 0 Å². The van der Waals surface area contributed by atoms with Gasteiger partial charge in [0.1, 0.15) is 42.3 Å². The van der Waals surface area contributed by atoms with Gasteiger partial charge in [0.25, 0.3) is 0 Å². The molecule has 1 saturated heterocycles. The quantitative estimate of drug-likeness (QED) is 0.0162. The van der Waals surface area contributed by atoms with Gasteiger partial charge in [0.05, 0.1) is 25.4 Å². The number of carboxylic acid groups (broad SMARTS) is 3. The van der Waals surface area contributed by atoms with Gasteiger partial charge in [-0.2, -0.15) is 0 Å². The third kappa shape index (κ3) is 23.9. The predicted molar refractivity (Wildman–Crippen MR) is 245 cm³/mol. The fourth-order valence-corrected chi connectivity index (χ4v) is 6.79. The molecule has 1 aliphatic rings. The first-order valence-electron chi connectivity index (χ1n) is 22.4. The second-order valence-electron chi connectivity index (χ2n) is 16.4. The Morgan fingerprint density at radius 1 is 0.620 bits per heavy atom. The van der Waals surface area contributed by atoms with Crippen LogP contribution < -0.4 is 71.6 Å². The van der Waals surface area contributed by atoms with Crippen LogP contribution in [0.4, 0.5) is 0 Å². The van der Waals surface area contributed by atoms with E-state index in [0.29, 0.717) is 6.42 Å². The van der Waals surface area contributed by atoms with Crippen molar-refractivity contribution >= 4 is 82.9 Å². The zero-order valence-corrected chi connectivity index (χ0v) is 39.1. The van der Waals surface area contributed by atoms with Crippen molar-refractivity contribution in [2.75, 3.05) is 26.2 Å². The van der Waals surface area contributed by atoms with Crippen LogP contribution in [0, 0.1) is 0 Å². The highest BCUT2D eigenvalue weighted by molar-refractivity contribution is 5.99. The molecule has 1 rings (SSSR count). The van der Waals surface area contributed by atoms with E-state index in [2.05, 4.69) is 42.2 Å². The van der Waals surface area contributed by atoms with E-state index in [1.54, 1.807) is 0 Å². The predicted octanol–water partition coefficient (Wildman–Crippen LogP) is -7.90. The molecule has 398 valence electrons. The molecule has 8 atom stereocenters. The molecule has 0 bridgehead atoms. The Morgan fingerprint density at radius 2 is 1.20 bits per heavy atom. The molecule has 0 unspecified atom stereocenters. The van der Waals surface area contributed by atoms with Crippen LogP contribution in [0.3, 0.4) is 0 Å². The number of nitrogens with two attached hydrogens (primary N) is 6. The summed E-state index contributed by atoms with van der Waals surface area (Å²) in [6, 6.07) is -12.2. The molecule has 0 aromatic rings. The van der Waals surface area contributed by atoms with Gasteiger partial charge in [-0.1, -0.05) is 0 Å². The highest BCUT2D eigenvalue weighted by Gasteiger charge is 2.40. The van der Waals surface area contributed by atoms with E-state index < -0.39 is 158 Å². The first-order chi connectivity index (χ1) is 33.3. The van der Waals surface area contributed by atoms with Crippen LogP contribution in [-0.2, 0) is 62.3 Å². The summed E-state index contributed by atoms with van der Waals surface area (Å²) < 4.78 is 0. The standard InChI is InChI=1S/C40H67N15O16/c1-19(39(70)71)49-34(65)21(7-4-14-47-40(45)46)50-29(58)18-48-33(64)24(16-28(44)57)54-37(68)26-8-5-15-55(26)38(69)23(10-12-30(59)60)52-36(67)25(17-31(61)62)53-35(66)22(6-2-3-13-41)51-32(63)20(42)9-11-27(43)56/h19-26H,2-18,41-42H2,1H3,(H2,43,56)(H2,44,57)(H,48,64)(H,49,65)(H,50,58)(H,51,63)(H,52,67)(H,53,66)(H,54,68)(H,59,60)(H,61,62)(H,70,71)(H4,45,46,47)/t19-,20-,21-,22-,23-,24-,25-,26-/m0/s1. The van der Waals surface area contributed by atoms with Crippen LogP contribution >= 0.6 is 0 Å². The van der Waals surface area contributed by atoms with E-state index in [0.717, 1.165) is 4.90 Å². The van der Waals surface area contributed by atoms with Crippen molar-refractivity contribution in [1.29, 1.82) is 0 Å². The number of nitrogens with one attached hydrogen (secondary N) is 7. The number of rotatable bonds is 34. The number of aliphatic carboxylic acids is 3. The van der Waals surface area contributed by atoms with Crippen LogP contribution in [0.5, 0.6) is 0 Å². The summed E-state index contributed by atoms with van der Waals surface area (Å²) in [5.41, 5.74) is 32.5. The molecule has 0 spiro atoms. The zero-order valence-electron chi connectivity index (χ0n) is 39.1. The summed E-state index contributed by atoms with van der Waals surface area (Å²) in [6.45, 7) is 0.425. The Hall–Kier alpha value is -7.70. The minimum absolute atomic E-state index is 0.0385. The molecule has 71 heavy (non-hydrogen) atoms. The number of likely N-dealkylation sites (tertiary alicyclic amines) is 1. The van der Waals surface area contributed by atoms with Gasteiger partial charge in [-0.05, 0) is 71.3 Å². The molecular formula is C40H67N15O16. The second kappa shape index (κ2) is 31.4. The van der Waals surface area contributed by atoms with Crippen molar-refractivity contribution < 1.29 is 77.6 Å². The van der Waals surface area contributed by atoms with Gasteiger partial charge in [-0.15, -0.1) is 0 Å². The summed E-state index contributed by atoms with van der Waals surface area (Å²) in [5, 5.41) is 44.2. The number of guanidine groups is 1. The Kier molecular flexibility index (Phi) is 27.1. The number of unbranched alkanes of at least 4 members (excludes halogenated alkanes) is 1. The lowest BCUT2D eigenvalue weighted by atomic mass is 10.0. The Balaban J connectivity index is 3.29. The number of hydrogen-bond donors (Lipinski definition) is 16. The normalized spacial score (nSPS) is 15.9. The Labute approximate surface area is 406 Å². The molecule has 0 aromatic heterocycles. The molecule has 1 heterocycles. The Morgan fingerprint density at radius 3 is 1.77 bits per heavy atom. The van der Waals surface area contributed by atoms with Crippen LogP contribution in [0.2, 0.25) is 0 Å². The summed E-state index contributed by atoms with van der Waals surface area (Å²) in [7, 11) is 0. The zero-order chi connectivity index (χ0) is 54.0. The van der Waals surface area contributed by atoms with E-state index in [1.165, 1.54) is 6.92 Å². The smallest absolute Gasteiger partial charge is 0.325 e. The van der Waals surface area contributed by atoms with E-state index >= 15 is 0 Å². The van der Waals surface area contributed by atoms with Gasteiger partial charge in [0.2, 0.25) is 59.1 Å². The molecular weight excluding hydrogens is 947 g/mol. The molecule has 22 N–H and O–H groups in total. The first kappa shape index (κ1) is 61.3. The number of aliphatic imine (C=N–C) groups is 1. The lowest BCUT2D eigenvalue weighted by Crippen LogP contribution is -2.60. The highest BCUT2D eigenvalue weighted by atomic mass is 16.4. The fraction of sp³-hybridized carbons (Fsp3) is 0.650. The lowest BCUT2D eigenvalue weighted by molar-refractivity contribution is -0.144. The maximum Gasteiger partial charge on any atom is 0.325 e. The van der Waals surface area contributed by atoms with Gasteiger partial charge in [0, 0.05) is 25.9 Å². The van der Waals surface area contributed by atoms with Crippen molar-refractivity contribution in [3.8, 4) is 0 Å². The average Bonchev–Trinajstić information content (AvgIpc) is 3.78. The molecule has 1 fully saturated rings. The number of primary amides is 2. The van der Waals surface area contributed by atoms with Crippen LogP contribution in [0.15, 0.2) is 4.99 Å². The number of carbonyl (C=O) groups excluding carboxylic acids is 10. The number of amides is 10. The maximum atomic E-state index is 14.1. The van der Waals surface area contributed by atoms with Crippen molar-refractivity contribution in [2.24, 2.45) is 39.4 Å². The van der Waals surface area contributed by atoms with Crippen molar-refractivity contribution in [3.05, 3.63) is 0 Å². The van der Waals surface area contributed by atoms with Gasteiger partial charge >= 0.3 is 17.9 Å². The van der Waals surface area contributed by atoms with E-state index in [4.69, 9.17) is 34.4 Å². The van der Waals surface area contributed by atoms with Crippen LogP contribution in [0.25, 0.3) is 0 Å². The number of carbonyl (C=O) groups is 13. The van der Waals surface area contributed by atoms with Gasteiger partial charge in [0.15, 0.2) is 5.96 Å². The van der Waals surface area contributed by atoms with Crippen molar-refractivity contribution in [2.45, 2.75) is 139 Å². The Bertz CT molecular complexity index is 1980. The molecule has 10 amide bonds. The first-order valence-corrected chi connectivity index (χ1v) is 22.4.